The van der Waals surface area contributed by atoms with Gasteiger partial charge in [-0.15, -0.1) is 0 Å². The van der Waals surface area contributed by atoms with Crippen molar-refractivity contribution in [2.45, 2.75) is 0 Å². The van der Waals surface area contributed by atoms with Crippen LogP contribution in [-0.4, -0.2) is 22.6 Å². The number of nitriles is 1. The highest BCUT2D eigenvalue weighted by molar-refractivity contribution is 5.86. The van der Waals surface area contributed by atoms with Crippen molar-refractivity contribution in [3.8, 4) is 11.8 Å². The maximum absolute atomic E-state index is 11.2. The normalized spacial score (nSPS) is 9.65. The Morgan fingerprint density at radius 3 is 3.06 bits per heavy atom. The van der Waals surface area contributed by atoms with Crippen molar-refractivity contribution >= 4 is 5.97 Å². The van der Waals surface area contributed by atoms with Crippen LogP contribution in [0.4, 0.5) is 0 Å². The van der Waals surface area contributed by atoms with Gasteiger partial charge in [-0.25, -0.2) is 9.78 Å². The number of benzene rings is 1. The average molecular weight is 227 g/mol. The molecular formula is C12H9N3O2. The Balaban J connectivity index is 2.37. The molecule has 0 spiro atoms. The van der Waals surface area contributed by atoms with Gasteiger partial charge in [-0.3, -0.25) is 0 Å². The van der Waals surface area contributed by atoms with Crippen LogP contribution in [0.1, 0.15) is 16.1 Å². The lowest BCUT2D eigenvalue weighted by molar-refractivity contribution is 0.0594. The summed E-state index contributed by atoms with van der Waals surface area (Å²) in [6.07, 6.45) is 3.06. The van der Waals surface area contributed by atoms with Crippen molar-refractivity contribution in [1.82, 2.24) is 9.55 Å². The summed E-state index contributed by atoms with van der Waals surface area (Å²) in [7, 11) is 1.30. The third kappa shape index (κ3) is 2.16. The summed E-state index contributed by atoms with van der Waals surface area (Å²) in [6, 6.07) is 9.07. The molecule has 0 aliphatic rings. The van der Waals surface area contributed by atoms with Gasteiger partial charge >= 0.3 is 5.97 Å². The molecule has 1 aromatic heterocycles. The maximum atomic E-state index is 11.2. The van der Waals surface area contributed by atoms with Crippen LogP contribution in [0.5, 0.6) is 0 Å². The third-order valence-electron chi connectivity index (χ3n) is 2.25. The molecule has 0 saturated carbocycles. The second kappa shape index (κ2) is 4.49. The van der Waals surface area contributed by atoms with E-state index >= 15 is 0 Å². The quantitative estimate of drug-likeness (QED) is 0.729. The fraction of sp³-hybridized carbons (Fsp3) is 0.0833. The molecule has 2 rings (SSSR count). The van der Waals surface area contributed by atoms with Gasteiger partial charge in [0.1, 0.15) is 6.33 Å². The molecule has 84 valence electrons. The van der Waals surface area contributed by atoms with Crippen molar-refractivity contribution in [2.24, 2.45) is 0 Å². The van der Waals surface area contributed by atoms with Crippen LogP contribution in [0, 0.1) is 11.3 Å². The second-order valence-electron chi connectivity index (χ2n) is 3.32. The first-order chi connectivity index (χ1) is 8.24. The predicted molar refractivity (Wildman–Crippen MR) is 59.6 cm³/mol. The predicted octanol–water partition coefficient (Wildman–Crippen LogP) is 1.53. The van der Waals surface area contributed by atoms with Gasteiger partial charge in [0.25, 0.3) is 0 Å². The molecule has 0 amide bonds. The molecule has 0 fully saturated rings. The van der Waals surface area contributed by atoms with Crippen LogP contribution in [-0.2, 0) is 4.74 Å². The topological polar surface area (TPSA) is 67.9 Å². The molecular weight excluding hydrogens is 218 g/mol. The Labute approximate surface area is 97.9 Å². The molecule has 0 N–H and O–H groups in total. The second-order valence-corrected chi connectivity index (χ2v) is 3.32. The number of aromatic nitrogens is 2. The van der Waals surface area contributed by atoms with E-state index in [1.807, 2.05) is 6.07 Å². The highest BCUT2D eigenvalue weighted by Gasteiger charge is 2.09. The third-order valence-corrected chi connectivity index (χ3v) is 2.25. The van der Waals surface area contributed by atoms with Gasteiger partial charge in [0.05, 0.1) is 18.7 Å². The highest BCUT2D eigenvalue weighted by Crippen LogP contribution is 2.11. The largest absolute Gasteiger partial charge is 0.464 e. The molecule has 0 bridgehead atoms. The number of ether oxygens (including phenoxy) is 1. The summed E-state index contributed by atoms with van der Waals surface area (Å²) in [5, 5.41) is 8.79. The zero-order valence-corrected chi connectivity index (χ0v) is 9.12. The fourth-order valence-electron chi connectivity index (χ4n) is 1.41. The van der Waals surface area contributed by atoms with Gasteiger partial charge in [-0.2, -0.15) is 5.26 Å². The molecule has 0 atom stereocenters. The molecule has 0 aliphatic carbocycles. The number of hydrogen-bond donors (Lipinski definition) is 0. The highest BCUT2D eigenvalue weighted by atomic mass is 16.5. The van der Waals surface area contributed by atoms with Crippen LogP contribution >= 0.6 is 0 Å². The number of methoxy groups -OCH3 is 1. The van der Waals surface area contributed by atoms with Gasteiger partial charge < -0.3 is 9.30 Å². The van der Waals surface area contributed by atoms with Crippen LogP contribution in [0.3, 0.4) is 0 Å². The van der Waals surface area contributed by atoms with E-state index in [4.69, 9.17) is 5.26 Å². The lowest BCUT2D eigenvalue weighted by atomic mass is 10.2. The average Bonchev–Trinajstić information content (AvgIpc) is 2.87. The number of carbonyl (C=O) groups excluding carboxylic acids is 1. The zero-order valence-electron chi connectivity index (χ0n) is 9.12. The van der Waals surface area contributed by atoms with E-state index in [1.165, 1.54) is 13.4 Å². The first-order valence-electron chi connectivity index (χ1n) is 4.87. The Kier molecular flexibility index (Phi) is 2.88. The van der Waals surface area contributed by atoms with Gasteiger partial charge in [-0.1, -0.05) is 6.07 Å². The fourth-order valence-corrected chi connectivity index (χ4v) is 1.41. The first kappa shape index (κ1) is 10.9. The minimum absolute atomic E-state index is 0.231. The SMILES string of the molecule is COC(=O)c1cn(-c2cccc(C#N)c2)cn1. The summed E-state index contributed by atoms with van der Waals surface area (Å²) in [5.74, 6) is -0.486. The van der Waals surface area contributed by atoms with E-state index < -0.39 is 5.97 Å². The van der Waals surface area contributed by atoms with Crippen molar-refractivity contribution in [3.63, 3.8) is 0 Å². The maximum Gasteiger partial charge on any atom is 0.358 e. The number of imidazole rings is 1. The van der Waals surface area contributed by atoms with Crippen LogP contribution in [0.2, 0.25) is 0 Å². The summed E-state index contributed by atoms with van der Waals surface area (Å²) in [5.41, 5.74) is 1.55. The van der Waals surface area contributed by atoms with Crippen LogP contribution < -0.4 is 0 Å². The molecule has 0 radical (unpaired) electrons. The number of nitrogens with zero attached hydrogens (tertiary/aromatic N) is 3. The summed E-state index contributed by atoms with van der Waals surface area (Å²) in [6.45, 7) is 0. The van der Waals surface area contributed by atoms with E-state index in [9.17, 15) is 4.79 Å². The zero-order chi connectivity index (χ0) is 12.3. The van der Waals surface area contributed by atoms with E-state index in [1.54, 1.807) is 29.0 Å². The molecule has 0 aliphatic heterocycles. The molecule has 1 heterocycles. The summed E-state index contributed by atoms with van der Waals surface area (Å²) < 4.78 is 6.22. The van der Waals surface area contributed by atoms with Gasteiger partial charge in [0.2, 0.25) is 0 Å². The van der Waals surface area contributed by atoms with E-state index in [2.05, 4.69) is 15.8 Å². The van der Waals surface area contributed by atoms with Gasteiger partial charge in [0.15, 0.2) is 5.69 Å². The Morgan fingerprint density at radius 1 is 1.53 bits per heavy atom. The monoisotopic (exact) mass is 227 g/mol. The van der Waals surface area contributed by atoms with Gasteiger partial charge in [-0.05, 0) is 18.2 Å². The van der Waals surface area contributed by atoms with E-state index in [-0.39, 0.29) is 5.69 Å². The standard InChI is InChI=1S/C12H9N3O2/c1-17-12(16)11-7-15(8-14-11)10-4-2-3-9(5-10)6-13/h2-5,7-8H,1H3. The molecule has 0 saturated heterocycles. The number of esters is 1. The van der Waals surface area contributed by atoms with E-state index in [0.717, 1.165) is 5.69 Å². The van der Waals surface area contributed by atoms with E-state index in [0.29, 0.717) is 5.56 Å². The number of hydrogen-bond acceptors (Lipinski definition) is 4. The van der Waals surface area contributed by atoms with Gasteiger partial charge in [0, 0.05) is 11.9 Å². The first-order valence-corrected chi connectivity index (χ1v) is 4.87. The minimum atomic E-state index is -0.486. The minimum Gasteiger partial charge on any atom is -0.464 e. The molecule has 2 aromatic rings. The van der Waals surface area contributed by atoms with Crippen molar-refractivity contribution in [2.75, 3.05) is 7.11 Å². The van der Waals surface area contributed by atoms with Crippen LogP contribution in [0.15, 0.2) is 36.8 Å². The molecule has 17 heavy (non-hydrogen) atoms. The van der Waals surface area contributed by atoms with Crippen molar-refractivity contribution in [3.05, 3.63) is 48.0 Å². The van der Waals surface area contributed by atoms with Crippen LogP contribution in [0.25, 0.3) is 5.69 Å². The summed E-state index contributed by atoms with van der Waals surface area (Å²) in [4.78, 5) is 15.2. The Morgan fingerprint density at radius 2 is 2.35 bits per heavy atom. The molecule has 0 unspecified atom stereocenters. The lowest BCUT2D eigenvalue weighted by Gasteiger charge is -2.01. The van der Waals surface area contributed by atoms with Crippen molar-refractivity contribution in [1.29, 1.82) is 5.26 Å². The Bertz CT molecular complexity index is 596. The number of carbonyl (C=O) groups is 1. The smallest absolute Gasteiger partial charge is 0.358 e. The summed E-state index contributed by atoms with van der Waals surface area (Å²) >= 11 is 0. The Hall–Kier alpha value is -2.61. The molecule has 5 heteroatoms. The van der Waals surface area contributed by atoms with Crippen molar-refractivity contribution < 1.29 is 9.53 Å². The molecule has 5 nitrogen and oxygen atoms in total. The number of rotatable bonds is 2. The lowest BCUT2D eigenvalue weighted by Crippen LogP contribution is -2.01. The molecule has 1 aromatic carbocycles.